The largest absolute Gasteiger partial charge is 0.208 e. The molecule has 3 nitrogen and oxygen atoms in total. The molecule has 1 aliphatic carbocycles. The van der Waals surface area contributed by atoms with E-state index in [-0.39, 0.29) is 10.8 Å². The van der Waals surface area contributed by atoms with Gasteiger partial charge in [0.15, 0.2) is 17.5 Å². The first-order valence-electron chi connectivity index (χ1n) is 18.8. The fourth-order valence-corrected chi connectivity index (χ4v) is 8.53. The van der Waals surface area contributed by atoms with Gasteiger partial charge in [0.2, 0.25) is 0 Å². The van der Waals surface area contributed by atoms with Gasteiger partial charge in [0.25, 0.3) is 0 Å². The van der Waals surface area contributed by atoms with Crippen molar-refractivity contribution in [2.75, 3.05) is 0 Å². The molecule has 10 rings (SSSR count). The monoisotopic (exact) mass is 693 g/mol. The zero-order valence-electron chi connectivity index (χ0n) is 30.9. The molecule has 0 saturated heterocycles. The molecule has 1 aliphatic rings. The Labute approximate surface area is 316 Å². The van der Waals surface area contributed by atoms with E-state index < -0.39 is 0 Å². The van der Waals surface area contributed by atoms with E-state index >= 15 is 0 Å². The van der Waals surface area contributed by atoms with Crippen molar-refractivity contribution in [3.05, 3.63) is 175 Å². The van der Waals surface area contributed by atoms with Crippen LogP contribution in [0.2, 0.25) is 0 Å². The molecule has 0 radical (unpaired) electrons. The summed E-state index contributed by atoms with van der Waals surface area (Å²) in [5.74, 6) is 1.96. The molecule has 0 spiro atoms. The zero-order valence-corrected chi connectivity index (χ0v) is 30.9. The van der Waals surface area contributed by atoms with Gasteiger partial charge in [-0.3, -0.25) is 0 Å². The molecule has 9 aromatic rings. The van der Waals surface area contributed by atoms with Crippen LogP contribution in [-0.4, -0.2) is 15.0 Å². The molecule has 3 heteroatoms. The Bertz CT molecular complexity index is 2920. The first-order valence-corrected chi connectivity index (χ1v) is 18.8. The second-order valence-electron chi connectivity index (χ2n) is 15.7. The maximum Gasteiger partial charge on any atom is 0.164 e. The quantitative estimate of drug-likeness (QED) is 0.172. The van der Waals surface area contributed by atoms with Crippen LogP contribution in [0.1, 0.15) is 38.8 Å². The molecule has 0 aliphatic heterocycles. The van der Waals surface area contributed by atoms with Crippen LogP contribution in [0.5, 0.6) is 0 Å². The van der Waals surface area contributed by atoms with Crippen molar-refractivity contribution >= 4 is 32.3 Å². The first kappa shape index (κ1) is 32.2. The van der Waals surface area contributed by atoms with E-state index in [1.165, 1.54) is 65.7 Å². The highest BCUT2D eigenvalue weighted by Crippen LogP contribution is 2.54. The van der Waals surface area contributed by atoms with Crippen LogP contribution in [0.25, 0.3) is 88.7 Å². The minimum absolute atomic E-state index is 0.0154. The molecule has 0 atom stereocenters. The Balaban J connectivity index is 1.07. The van der Waals surface area contributed by atoms with Crippen LogP contribution in [0.3, 0.4) is 0 Å². The van der Waals surface area contributed by atoms with Gasteiger partial charge in [-0.1, -0.05) is 179 Å². The van der Waals surface area contributed by atoms with Gasteiger partial charge in [0.05, 0.1) is 0 Å². The van der Waals surface area contributed by atoms with Crippen molar-refractivity contribution in [3.63, 3.8) is 0 Å². The summed E-state index contributed by atoms with van der Waals surface area (Å²) in [5, 5.41) is 7.34. The Morgan fingerprint density at radius 3 is 1.57 bits per heavy atom. The molecule has 0 fully saturated rings. The topological polar surface area (TPSA) is 38.7 Å². The SMILES string of the molecule is CC1(C)c2ccccc2-c2ccc(-c3ccc(-c4nc(-c5ccccc5)nc(-c5ccc6ccc7c8ccccc8ccc7c6c5)n4)cc3)cc2C1(C)C. The predicted molar refractivity (Wildman–Crippen MR) is 226 cm³/mol. The summed E-state index contributed by atoms with van der Waals surface area (Å²) in [7, 11) is 0. The standard InChI is InChI=1S/C51H39N3/c1-50(2)45-17-11-10-16-42(45)43-29-26-37(31-46(43)51(50,3)4)32-18-21-36(22-19-32)48-52-47(35-13-6-5-7-14-35)53-49(54-48)38-23-20-34-25-27-40-39-15-9-8-12-33(39)24-28-41(40)44(34)30-38/h5-31H,1-4H3. The summed E-state index contributed by atoms with van der Waals surface area (Å²) in [4.78, 5) is 15.2. The van der Waals surface area contributed by atoms with E-state index in [0.717, 1.165) is 16.7 Å². The molecular formula is C51H39N3. The predicted octanol–water partition coefficient (Wildman–Crippen LogP) is 13.2. The van der Waals surface area contributed by atoms with Gasteiger partial charge >= 0.3 is 0 Å². The Morgan fingerprint density at radius 1 is 0.315 bits per heavy atom. The van der Waals surface area contributed by atoms with E-state index in [9.17, 15) is 0 Å². The molecular weight excluding hydrogens is 655 g/mol. The van der Waals surface area contributed by atoms with E-state index in [1.807, 2.05) is 18.2 Å². The lowest BCUT2D eigenvalue weighted by molar-refractivity contribution is 0.299. The number of hydrogen-bond acceptors (Lipinski definition) is 3. The second kappa shape index (κ2) is 12.0. The van der Waals surface area contributed by atoms with E-state index in [2.05, 4.69) is 173 Å². The molecule has 0 saturated carbocycles. The average Bonchev–Trinajstić information content (AvgIpc) is 3.22. The fourth-order valence-electron chi connectivity index (χ4n) is 8.53. The normalized spacial score (nSPS) is 14.2. The fraction of sp³-hybridized carbons (Fsp3) is 0.118. The maximum atomic E-state index is 5.13. The van der Waals surface area contributed by atoms with Crippen molar-refractivity contribution in [3.8, 4) is 56.4 Å². The second-order valence-corrected chi connectivity index (χ2v) is 15.7. The molecule has 0 bridgehead atoms. The smallest absolute Gasteiger partial charge is 0.164 e. The van der Waals surface area contributed by atoms with E-state index in [0.29, 0.717) is 17.5 Å². The highest BCUT2D eigenvalue weighted by Gasteiger charge is 2.45. The minimum atomic E-state index is -0.0510. The third kappa shape index (κ3) is 4.99. The molecule has 0 N–H and O–H groups in total. The van der Waals surface area contributed by atoms with Crippen molar-refractivity contribution in [1.82, 2.24) is 15.0 Å². The average molecular weight is 694 g/mol. The van der Waals surface area contributed by atoms with Gasteiger partial charge in [-0.25, -0.2) is 15.0 Å². The number of fused-ring (bicyclic) bond motifs is 8. The first-order chi connectivity index (χ1) is 26.3. The number of benzene rings is 8. The van der Waals surface area contributed by atoms with Crippen LogP contribution in [0.15, 0.2) is 164 Å². The third-order valence-electron chi connectivity index (χ3n) is 12.3. The van der Waals surface area contributed by atoms with Gasteiger partial charge in [0.1, 0.15) is 0 Å². The Hall–Kier alpha value is -6.45. The van der Waals surface area contributed by atoms with E-state index in [1.54, 1.807) is 0 Å². The summed E-state index contributed by atoms with van der Waals surface area (Å²) in [5.41, 5.74) is 10.6. The number of hydrogen-bond donors (Lipinski definition) is 0. The van der Waals surface area contributed by atoms with Crippen molar-refractivity contribution in [2.24, 2.45) is 0 Å². The Kier molecular flexibility index (Phi) is 7.19. The number of rotatable bonds is 4. The van der Waals surface area contributed by atoms with Crippen LogP contribution in [-0.2, 0) is 10.8 Å². The highest BCUT2D eigenvalue weighted by molar-refractivity contribution is 6.17. The summed E-state index contributed by atoms with van der Waals surface area (Å²) in [6.07, 6.45) is 0. The van der Waals surface area contributed by atoms with Gasteiger partial charge < -0.3 is 0 Å². The van der Waals surface area contributed by atoms with Gasteiger partial charge in [0, 0.05) is 16.7 Å². The van der Waals surface area contributed by atoms with Crippen LogP contribution in [0.4, 0.5) is 0 Å². The van der Waals surface area contributed by atoms with Crippen LogP contribution < -0.4 is 0 Å². The van der Waals surface area contributed by atoms with Crippen LogP contribution in [0, 0.1) is 0 Å². The maximum absolute atomic E-state index is 5.13. The van der Waals surface area contributed by atoms with Crippen molar-refractivity contribution in [1.29, 1.82) is 0 Å². The molecule has 258 valence electrons. The summed E-state index contributed by atoms with van der Waals surface area (Å²) >= 11 is 0. The lowest BCUT2D eigenvalue weighted by Crippen LogP contribution is -2.43. The number of aromatic nitrogens is 3. The van der Waals surface area contributed by atoms with Crippen LogP contribution >= 0.6 is 0 Å². The third-order valence-corrected chi connectivity index (χ3v) is 12.3. The molecule has 8 aromatic carbocycles. The van der Waals surface area contributed by atoms with E-state index in [4.69, 9.17) is 15.0 Å². The summed E-state index contributed by atoms with van der Waals surface area (Å²) in [6.45, 7) is 9.53. The van der Waals surface area contributed by atoms with Gasteiger partial charge in [-0.2, -0.15) is 0 Å². The lowest BCUT2D eigenvalue weighted by atomic mass is 9.55. The Morgan fingerprint density at radius 2 is 0.815 bits per heavy atom. The molecule has 54 heavy (non-hydrogen) atoms. The molecule has 1 aromatic heterocycles. The summed E-state index contributed by atoms with van der Waals surface area (Å²) < 4.78 is 0. The number of nitrogens with zero attached hydrogens (tertiary/aromatic N) is 3. The minimum Gasteiger partial charge on any atom is -0.208 e. The van der Waals surface area contributed by atoms with Crippen molar-refractivity contribution < 1.29 is 0 Å². The highest BCUT2D eigenvalue weighted by atomic mass is 15.0. The molecule has 1 heterocycles. The molecule has 0 amide bonds. The van der Waals surface area contributed by atoms with Gasteiger partial charge in [-0.15, -0.1) is 0 Å². The molecule has 0 unspecified atom stereocenters. The summed E-state index contributed by atoms with van der Waals surface area (Å²) in [6, 6.07) is 58.8. The van der Waals surface area contributed by atoms with Crippen molar-refractivity contribution in [2.45, 2.75) is 38.5 Å². The lowest BCUT2D eigenvalue weighted by Gasteiger charge is -2.48. The zero-order chi connectivity index (χ0) is 36.6. The van der Waals surface area contributed by atoms with Gasteiger partial charge in [-0.05, 0) is 88.7 Å².